The van der Waals surface area contributed by atoms with Crippen molar-refractivity contribution in [2.24, 2.45) is 0 Å². The zero-order valence-corrected chi connectivity index (χ0v) is 19.9. The van der Waals surface area contributed by atoms with E-state index in [1.807, 2.05) is 13.8 Å². The molecule has 0 atom stereocenters. The van der Waals surface area contributed by atoms with Crippen LogP contribution in [0.4, 0.5) is 5.00 Å². The first kappa shape index (κ1) is 22.4. The third-order valence-electron chi connectivity index (χ3n) is 5.30. The van der Waals surface area contributed by atoms with Crippen LogP contribution in [0.25, 0.3) is 11.0 Å². The van der Waals surface area contributed by atoms with E-state index < -0.39 is 21.7 Å². The van der Waals surface area contributed by atoms with Crippen LogP contribution in [0.15, 0.2) is 12.3 Å². The van der Waals surface area contributed by atoms with Gasteiger partial charge in [0.05, 0.1) is 41.1 Å². The lowest BCUT2D eigenvalue weighted by atomic mass is 10.1. The van der Waals surface area contributed by atoms with Gasteiger partial charge in [-0.05, 0) is 45.7 Å². The van der Waals surface area contributed by atoms with Crippen LogP contribution in [0, 0.1) is 6.92 Å². The van der Waals surface area contributed by atoms with Gasteiger partial charge in [-0.25, -0.2) is 22.9 Å². The first-order chi connectivity index (χ1) is 15.1. The summed E-state index contributed by atoms with van der Waals surface area (Å²) < 4.78 is 31.1. The van der Waals surface area contributed by atoms with Gasteiger partial charge in [0.25, 0.3) is 5.91 Å². The van der Waals surface area contributed by atoms with Gasteiger partial charge < -0.3 is 10.1 Å². The molecule has 0 unspecified atom stereocenters. The Morgan fingerprint density at radius 3 is 2.78 bits per heavy atom. The van der Waals surface area contributed by atoms with Gasteiger partial charge in [-0.2, -0.15) is 5.10 Å². The Morgan fingerprint density at radius 2 is 2.09 bits per heavy atom. The van der Waals surface area contributed by atoms with E-state index in [9.17, 15) is 18.0 Å². The van der Waals surface area contributed by atoms with Crippen LogP contribution in [0.2, 0.25) is 0 Å². The number of fused-ring (bicyclic) bond motifs is 2. The Balaban J connectivity index is 1.72. The number of nitrogens with one attached hydrogen (secondary N) is 1. The molecule has 0 fully saturated rings. The average Bonchev–Trinajstić information content (AvgIpc) is 3.26. The maximum absolute atomic E-state index is 13.2. The number of carbonyl (C=O) groups excluding carboxylic acids is 2. The van der Waals surface area contributed by atoms with Crippen LogP contribution < -0.4 is 5.32 Å². The highest BCUT2D eigenvalue weighted by molar-refractivity contribution is 7.90. The van der Waals surface area contributed by atoms with Crippen LogP contribution in [0.5, 0.6) is 0 Å². The van der Waals surface area contributed by atoms with Gasteiger partial charge >= 0.3 is 5.97 Å². The number of pyridine rings is 1. The first-order valence-corrected chi connectivity index (χ1v) is 12.9. The predicted octanol–water partition coefficient (Wildman–Crippen LogP) is 3.28. The van der Waals surface area contributed by atoms with E-state index in [1.165, 1.54) is 0 Å². The molecule has 0 saturated carbocycles. The topological polar surface area (TPSA) is 120 Å². The number of hydrogen-bond donors (Lipinski definition) is 1. The van der Waals surface area contributed by atoms with Gasteiger partial charge in [0.2, 0.25) is 0 Å². The summed E-state index contributed by atoms with van der Waals surface area (Å²) in [5.74, 6) is -1.17. The molecular formula is C21H24N4O5S2. The highest BCUT2D eigenvalue weighted by Crippen LogP contribution is 2.38. The SMILES string of the molecule is CCOC(=O)c1c(NC(=O)c2cc3cnn(C(C)C)c3nc2C)sc2c1CCS(=O)(=O)C2. The zero-order valence-electron chi connectivity index (χ0n) is 18.3. The summed E-state index contributed by atoms with van der Waals surface area (Å²) in [5.41, 5.74) is 2.46. The number of aryl methyl sites for hydroxylation is 1. The normalized spacial score (nSPS) is 15.0. The van der Waals surface area contributed by atoms with Gasteiger partial charge in [0, 0.05) is 16.3 Å². The van der Waals surface area contributed by atoms with E-state index in [-0.39, 0.29) is 36.1 Å². The second-order valence-corrected chi connectivity index (χ2v) is 11.2. The average molecular weight is 477 g/mol. The number of hydrogen-bond acceptors (Lipinski definition) is 8. The molecule has 3 aromatic heterocycles. The Kier molecular flexibility index (Phi) is 5.80. The van der Waals surface area contributed by atoms with Gasteiger partial charge in [-0.3, -0.25) is 4.79 Å². The molecule has 0 bridgehead atoms. The number of nitrogens with zero attached hydrogens (tertiary/aromatic N) is 3. The van der Waals surface area contributed by atoms with E-state index in [0.29, 0.717) is 32.3 Å². The minimum absolute atomic E-state index is 0.0317. The maximum atomic E-state index is 13.2. The molecule has 0 aromatic carbocycles. The molecule has 3 aromatic rings. The molecule has 9 nitrogen and oxygen atoms in total. The second kappa shape index (κ2) is 8.28. The molecule has 0 radical (unpaired) electrons. The number of sulfone groups is 1. The number of aromatic nitrogens is 3. The Labute approximate surface area is 189 Å². The molecule has 1 N–H and O–H groups in total. The molecule has 0 saturated heterocycles. The molecule has 0 spiro atoms. The van der Waals surface area contributed by atoms with Gasteiger partial charge in [-0.1, -0.05) is 0 Å². The van der Waals surface area contributed by atoms with Crippen molar-refractivity contribution in [3.05, 3.63) is 39.5 Å². The van der Waals surface area contributed by atoms with Crippen LogP contribution in [0.1, 0.15) is 63.7 Å². The fraction of sp³-hybridized carbons (Fsp3) is 0.429. The Hall–Kier alpha value is -2.79. The number of esters is 1. The summed E-state index contributed by atoms with van der Waals surface area (Å²) in [5, 5.41) is 8.18. The smallest absolute Gasteiger partial charge is 0.341 e. The summed E-state index contributed by atoms with van der Waals surface area (Å²) in [6.07, 6.45) is 1.89. The highest BCUT2D eigenvalue weighted by Gasteiger charge is 2.32. The lowest BCUT2D eigenvalue weighted by Gasteiger charge is -2.13. The molecule has 1 aliphatic heterocycles. The highest BCUT2D eigenvalue weighted by atomic mass is 32.2. The van der Waals surface area contributed by atoms with Gasteiger partial charge in [-0.15, -0.1) is 11.3 Å². The molecule has 11 heteroatoms. The zero-order chi connectivity index (χ0) is 23.2. The van der Waals surface area contributed by atoms with E-state index in [1.54, 1.807) is 30.8 Å². The lowest BCUT2D eigenvalue weighted by molar-refractivity contribution is 0.0527. The largest absolute Gasteiger partial charge is 0.462 e. The van der Waals surface area contributed by atoms with Gasteiger partial charge in [0.1, 0.15) is 5.00 Å². The minimum Gasteiger partial charge on any atom is -0.462 e. The van der Waals surface area contributed by atoms with Crippen molar-refractivity contribution in [3.8, 4) is 0 Å². The molecule has 170 valence electrons. The van der Waals surface area contributed by atoms with Crippen molar-refractivity contribution < 1.29 is 22.7 Å². The molecule has 32 heavy (non-hydrogen) atoms. The van der Waals surface area contributed by atoms with Crippen molar-refractivity contribution in [2.45, 2.75) is 45.9 Å². The third kappa shape index (κ3) is 4.02. The van der Waals surface area contributed by atoms with Crippen molar-refractivity contribution in [2.75, 3.05) is 17.7 Å². The predicted molar refractivity (Wildman–Crippen MR) is 122 cm³/mol. The number of carbonyl (C=O) groups is 2. The summed E-state index contributed by atoms with van der Waals surface area (Å²) in [7, 11) is -3.23. The van der Waals surface area contributed by atoms with Crippen molar-refractivity contribution >= 4 is 49.1 Å². The fourth-order valence-electron chi connectivity index (χ4n) is 3.77. The van der Waals surface area contributed by atoms with Crippen LogP contribution in [0.3, 0.4) is 0 Å². The quantitative estimate of drug-likeness (QED) is 0.561. The van der Waals surface area contributed by atoms with E-state index in [2.05, 4.69) is 15.4 Å². The standard InChI is InChI=1S/C21H24N4O5S2/c1-5-30-21(27)17-14-6-7-32(28,29)10-16(14)31-20(17)24-19(26)15-8-13-9-22-25(11(2)3)18(13)23-12(15)4/h8-9,11H,5-7,10H2,1-4H3,(H,24,26). The van der Waals surface area contributed by atoms with Gasteiger partial charge in [0.15, 0.2) is 15.5 Å². The number of ether oxygens (including phenoxy) is 1. The van der Waals surface area contributed by atoms with E-state index in [4.69, 9.17) is 4.74 Å². The molecule has 1 amide bonds. The number of amides is 1. The first-order valence-electron chi connectivity index (χ1n) is 10.3. The Morgan fingerprint density at radius 1 is 1.34 bits per heavy atom. The van der Waals surface area contributed by atoms with Crippen molar-refractivity contribution in [1.82, 2.24) is 14.8 Å². The lowest BCUT2D eigenvalue weighted by Crippen LogP contribution is -2.20. The molecular weight excluding hydrogens is 452 g/mol. The Bertz CT molecular complexity index is 1340. The monoisotopic (exact) mass is 476 g/mol. The maximum Gasteiger partial charge on any atom is 0.341 e. The second-order valence-electron chi connectivity index (χ2n) is 7.94. The molecule has 4 rings (SSSR count). The van der Waals surface area contributed by atoms with Crippen molar-refractivity contribution in [3.63, 3.8) is 0 Å². The van der Waals surface area contributed by atoms with Crippen LogP contribution >= 0.6 is 11.3 Å². The molecule has 4 heterocycles. The van der Waals surface area contributed by atoms with Crippen LogP contribution in [-0.2, 0) is 26.7 Å². The summed E-state index contributed by atoms with van der Waals surface area (Å²) >= 11 is 1.11. The summed E-state index contributed by atoms with van der Waals surface area (Å²) in [6, 6.07) is 1.85. The molecule has 0 aliphatic carbocycles. The number of thiophene rings is 1. The fourth-order valence-corrected chi connectivity index (χ4v) is 6.81. The van der Waals surface area contributed by atoms with Crippen molar-refractivity contribution in [1.29, 1.82) is 0 Å². The number of anilines is 1. The summed E-state index contributed by atoms with van der Waals surface area (Å²) in [4.78, 5) is 30.9. The van der Waals surface area contributed by atoms with E-state index in [0.717, 1.165) is 16.7 Å². The minimum atomic E-state index is -3.23. The number of rotatable bonds is 5. The van der Waals surface area contributed by atoms with E-state index >= 15 is 0 Å². The molecule has 1 aliphatic rings. The summed E-state index contributed by atoms with van der Waals surface area (Å²) in [6.45, 7) is 7.61. The van der Waals surface area contributed by atoms with Crippen LogP contribution in [-0.4, -0.2) is 47.4 Å². The third-order valence-corrected chi connectivity index (χ3v) is 8.19.